The molecule has 0 radical (unpaired) electrons. The minimum atomic E-state index is -1.38. The number of carboxylic acids is 1. The third-order valence-electron chi connectivity index (χ3n) is 2.78. The van der Waals surface area contributed by atoms with Crippen molar-refractivity contribution in [3.05, 3.63) is 61.9 Å². The molecule has 0 saturated heterocycles. The topological polar surface area (TPSA) is 92.2 Å². The Bertz CT molecular complexity index is 771. The highest BCUT2D eigenvalue weighted by Gasteiger charge is 2.13. The van der Waals surface area contributed by atoms with Crippen molar-refractivity contribution in [2.75, 3.05) is 0 Å². The van der Waals surface area contributed by atoms with Crippen molar-refractivity contribution >= 4 is 5.97 Å². The molecule has 0 aliphatic rings. The lowest BCUT2D eigenvalue weighted by molar-refractivity contribution is 0.0694. The summed E-state index contributed by atoms with van der Waals surface area (Å²) in [5, 5.41) is 8.91. The highest BCUT2D eigenvalue weighted by atomic mass is 16.4. The maximum absolute atomic E-state index is 11.8. The average Bonchev–Trinajstić information content (AvgIpc) is 2.30. The molecule has 0 fully saturated rings. The predicted octanol–water partition coefficient (Wildman–Crippen LogP) is 0.841. The van der Waals surface area contributed by atoms with Gasteiger partial charge in [0.15, 0.2) is 0 Å². The first-order valence-corrected chi connectivity index (χ1v) is 5.57. The third kappa shape index (κ3) is 2.33. The van der Waals surface area contributed by atoms with Gasteiger partial charge < -0.3 is 5.11 Å². The fourth-order valence-corrected chi connectivity index (χ4v) is 1.88. The molecule has 6 heteroatoms. The molecule has 19 heavy (non-hydrogen) atoms. The van der Waals surface area contributed by atoms with Crippen molar-refractivity contribution in [2.24, 2.45) is 0 Å². The largest absolute Gasteiger partial charge is 0.477 e. The smallest absolute Gasteiger partial charge is 0.342 e. The van der Waals surface area contributed by atoms with Crippen molar-refractivity contribution in [3.8, 4) is 5.69 Å². The minimum absolute atomic E-state index is 0.473. The quantitative estimate of drug-likeness (QED) is 0.836. The van der Waals surface area contributed by atoms with Crippen LogP contribution in [0.4, 0.5) is 0 Å². The Labute approximate surface area is 108 Å². The van der Waals surface area contributed by atoms with E-state index < -0.39 is 22.8 Å². The van der Waals surface area contributed by atoms with E-state index in [4.69, 9.17) is 5.11 Å². The summed E-state index contributed by atoms with van der Waals surface area (Å²) < 4.78 is 1.12. The van der Waals surface area contributed by atoms with Gasteiger partial charge in [0.05, 0.1) is 5.69 Å². The molecule has 0 bridgehead atoms. The highest BCUT2D eigenvalue weighted by Crippen LogP contribution is 2.13. The summed E-state index contributed by atoms with van der Waals surface area (Å²) in [4.78, 5) is 36.0. The lowest BCUT2D eigenvalue weighted by atomic mass is 10.1. The maximum atomic E-state index is 11.8. The number of nitrogens with zero attached hydrogens (tertiary/aromatic N) is 1. The van der Waals surface area contributed by atoms with Gasteiger partial charge in [0, 0.05) is 6.20 Å². The normalized spacial score (nSPS) is 10.4. The zero-order chi connectivity index (χ0) is 14.2. The van der Waals surface area contributed by atoms with Gasteiger partial charge in [-0.3, -0.25) is 14.3 Å². The van der Waals surface area contributed by atoms with Gasteiger partial charge in [-0.05, 0) is 25.5 Å². The van der Waals surface area contributed by atoms with Gasteiger partial charge in [-0.1, -0.05) is 17.7 Å². The van der Waals surface area contributed by atoms with Crippen LogP contribution in [0.15, 0.2) is 34.0 Å². The summed E-state index contributed by atoms with van der Waals surface area (Å²) in [6.07, 6.45) is 1.04. The van der Waals surface area contributed by atoms with Crippen molar-refractivity contribution in [1.29, 1.82) is 0 Å². The highest BCUT2D eigenvalue weighted by molar-refractivity contribution is 5.86. The van der Waals surface area contributed by atoms with Crippen molar-refractivity contribution in [3.63, 3.8) is 0 Å². The molecule has 0 saturated carbocycles. The van der Waals surface area contributed by atoms with Crippen molar-refractivity contribution < 1.29 is 9.90 Å². The van der Waals surface area contributed by atoms with Crippen LogP contribution in [0.2, 0.25) is 0 Å². The number of nitrogens with one attached hydrogen (secondary N) is 1. The Kier molecular flexibility index (Phi) is 3.08. The molecule has 0 aliphatic heterocycles. The molecule has 2 N–H and O–H groups in total. The van der Waals surface area contributed by atoms with E-state index in [1.54, 1.807) is 19.1 Å². The van der Waals surface area contributed by atoms with Crippen LogP contribution in [-0.4, -0.2) is 20.6 Å². The number of benzene rings is 1. The van der Waals surface area contributed by atoms with E-state index in [9.17, 15) is 14.4 Å². The van der Waals surface area contributed by atoms with Crippen molar-refractivity contribution in [2.45, 2.75) is 13.8 Å². The number of aromatic carboxylic acids is 1. The van der Waals surface area contributed by atoms with Crippen LogP contribution in [0.5, 0.6) is 0 Å². The molecule has 98 valence electrons. The first-order chi connectivity index (χ1) is 8.90. The molecule has 1 aromatic carbocycles. The SMILES string of the molecule is Cc1ccc(-n2cc(C(=O)O)c(=O)[nH]c2=O)c(C)c1. The van der Waals surface area contributed by atoms with Gasteiger partial charge in [0.1, 0.15) is 5.56 Å². The Morgan fingerprint density at radius 2 is 1.95 bits per heavy atom. The lowest BCUT2D eigenvalue weighted by Gasteiger charge is -2.09. The summed E-state index contributed by atoms with van der Waals surface area (Å²) in [7, 11) is 0. The zero-order valence-electron chi connectivity index (χ0n) is 10.4. The van der Waals surface area contributed by atoms with E-state index in [0.717, 1.165) is 21.9 Å². The minimum Gasteiger partial charge on any atom is -0.477 e. The second-order valence-electron chi connectivity index (χ2n) is 4.27. The number of carboxylic acid groups (broad SMARTS) is 1. The standard InChI is InChI=1S/C13H12N2O4/c1-7-3-4-10(8(2)5-7)15-6-9(12(17)18)11(16)14-13(15)19/h3-6H,1-2H3,(H,17,18)(H,14,16,19). The molecule has 1 heterocycles. The van der Waals surface area contributed by atoms with Gasteiger partial charge in [0.2, 0.25) is 0 Å². The molecule has 2 rings (SSSR count). The van der Waals surface area contributed by atoms with Crippen LogP contribution in [0.1, 0.15) is 21.5 Å². The second-order valence-corrected chi connectivity index (χ2v) is 4.27. The molecule has 2 aromatic rings. The summed E-state index contributed by atoms with van der Waals surface area (Å²) in [6.45, 7) is 3.72. The summed E-state index contributed by atoms with van der Waals surface area (Å²) >= 11 is 0. The maximum Gasteiger partial charge on any atom is 0.342 e. The van der Waals surface area contributed by atoms with Crippen LogP contribution >= 0.6 is 0 Å². The van der Waals surface area contributed by atoms with E-state index in [1.165, 1.54) is 0 Å². The number of rotatable bonds is 2. The van der Waals surface area contributed by atoms with Crippen LogP contribution < -0.4 is 11.2 Å². The second kappa shape index (κ2) is 4.56. The summed E-state index contributed by atoms with van der Waals surface area (Å²) in [6, 6.07) is 5.38. The number of aromatic amines is 1. The number of carbonyl (C=O) groups is 1. The molecular weight excluding hydrogens is 248 g/mol. The van der Waals surface area contributed by atoms with E-state index in [-0.39, 0.29) is 0 Å². The number of aromatic nitrogens is 2. The number of aryl methyl sites for hydroxylation is 2. The summed E-state index contributed by atoms with van der Waals surface area (Å²) in [5.41, 5.74) is 0.331. The average molecular weight is 260 g/mol. The van der Waals surface area contributed by atoms with Gasteiger partial charge in [0.25, 0.3) is 5.56 Å². The number of H-pyrrole nitrogens is 1. The van der Waals surface area contributed by atoms with Crippen LogP contribution in [-0.2, 0) is 0 Å². The van der Waals surface area contributed by atoms with Gasteiger partial charge >= 0.3 is 11.7 Å². The Morgan fingerprint density at radius 1 is 1.26 bits per heavy atom. The lowest BCUT2D eigenvalue weighted by Crippen LogP contribution is -2.32. The van der Waals surface area contributed by atoms with E-state index in [1.807, 2.05) is 18.0 Å². The Balaban J connectivity index is 2.75. The molecule has 1 aromatic heterocycles. The van der Waals surface area contributed by atoms with E-state index in [0.29, 0.717) is 5.69 Å². The first-order valence-electron chi connectivity index (χ1n) is 5.57. The van der Waals surface area contributed by atoms with Crippen LogP contribution in [0.25, 0.3) is 5.69 Å². The molecule has 6 nitrogen and oxygen atoms in total. The van der Waals surface area contributed by atoms with Crippen LogP contribution in [0.3, 0.4) is 0 Å². The third-order valence-corrected chi connectivity index (χ3v) is 2.78. The van der Waals surface area contributed by atoms with E-state index >= 15 is 0 Å². The van der Waals surface area contributed by atoms with E-state index in [2.05, 4.69) is 0 Å². The summed E-state index contributed by atoms with van der Waals surface area (Å²) in [5.74, 6) is -1.38. The molecule has 0 unspecified atom stereocenters. The van der Waals surface area contributed by atoms with Crippen molar-refractivity contribution in [1.82, 2.24) is 9.55 Å². The molecular formula is C13H12N2O4. The predicted molar refractivity (Wildman–Crippen MR) is 69.1 cm³/mol. The monoisotopic (exact) mass is 260 g/mol. The zero-order valence-corrected chi connectivity index (χ0v) is 10.4. The van der Waals surface area contributed by atoms with Gasteiger partial charge in [-0.2, -0.15) is 0 Å². The van der Waals surface area contributed by atoms with Crippen LogP contribution in [0, 0.1) is 13.8 Å². The number of hydrogen-bond donors (Lipinski definition) is 2. The molecule has 0 atom stereocenters. The Hall–Kier alpha value is -2.63. The molecule has 0 spiro atoms. The van der Waals surface area contributed by atoms with Gasteiger partial charge in [-0.25, -0.2) is 9.59 Å². The Morgan fingerprint density at radius 3 is 2.53 bits per heavy atom. The molecule has 0 aliphatic carbocycles. The number of hydrogen-bond acceptors (Lipinski definition) is 3. The first kappa shape index (κ1) is 12.8. The fraction of sp³-hybridized carbons (Fsp3) is 0.154. The fourth-order valence-electron chi connectivity index (χ4n) is 1.88. The molecule has 0 amide bonds. The van der Waals surface area contributed by atoms with Gasteiger partial charge in [-0.15, -0.1) is 0 Å².